The van der Waals surface area contributed by atoms with Gasteiger partial charge in [0.15, 0.2) is 0 Å². The standard InChI is InChI=1S/C14H23N5/c1-4-5-16-12-8-13(18-11-17-12)19-7-6-15-9-14(2,3)10-19/h4,8,11,15H,1,5-7,9-10H2,2-3H3,(H,16,17,18). The molecule has 1 saturated heterocycles. The fourth-order valence-corrected chi connectivity index (χ4v) is 2.28. The van der Waals surface area contributed by atoms with Gasteiger partial charge in [-0.05, 0) is 5.41 Å². The molecule has 0 atom stereocenters. The van der Waals surface area contributed by atoms with Crippen LogP contribution < -0.4 is 15.5 Å². The van der Waals surface area contributed by atoms with Crippen molar-refractivity contribution in [1.29, 1.82) is 0 Å². The first-order valence-electron chi connectivity index (χ1n) is 6.73. The third-order valence-corrected chi connectivity index (χ3v) is 3.19. The number of rotatable bonds is 4. The van der Waals surface area contributed by atoms with Gasteiger partial charge in [0.05, 0.1) is 0 Å². The Kier molecular flexibility index (Phi) is 4.37. The van der Waals surface area contributed by atoms with Crippen molar-refractivity contribution in [2.45, 2.75) is 13.8 Å². The van der Waals surface area contributed by atoms with Gasteiger partial charge >= 0.3 is 0 Å². The Hall–Kier alpha value is -1.62. The van der Waals surface area contributed by atoms with E-state index in [4.69, 9.17) is 0 Å². The van der Waals surface area contributed by atoms with Gasteiger partial charge in [-0.3, -0.25) is 0 Å². The predicted molar refractivity (Wildman–Crippen MR) is 79.6 cm³/mol. The van der Waals surface area contributed by atoms with Crippen LogP contribution in [-0.4, -0.2) is 42.7 Å². The Morgan fingerprint density at radius 2 is 2.37 bits per heavy atom. The Labute approximate surface area is 115 Å². The molecule has 1 aliphatic heterocycles. The second kappa shape index (κ2) is 6.02. The van der Waals surface area contributed by atoms with E-state index in [1.807, 2.05) is 12.1 Å². The Bertz CT molecular complexity index is 430. The summed E-state index contributed by atoms with van der Waals surface area (Å²) >= 11 is 0. The molecule has 0 aromatic carbocycles. The summed E-state index contributed by atoms with van der Waals surface area (Å²) in [5.74, 6) is 1.83. The van der Waals surface area contributed by atoms with Crippen molar-refractivity contribution in [3.63, 3.8) is 0 Å². The van der Waals surface area contributed by atoms with Crippen LogP contribution in [0.2, 0.25) is 0 Å². The second-order valence-electron chi connectivity index (χ2n) is 5.69. The van der Waals surface area contributed by atoms with Crippen LogP contribution in [0.15, 0.2) is 25.0 Å². The first-order valence-corrected chi connectivity index (χ1v) is 6.73. The zero-order valence-electron chi connectivity index (χ0n) is 11.8. The predicted octanol–water partition coefficient (Wildman–Crippen LogP) is 1.51. The molecule has 0 saturated carbocycles. The molecule has 0 aliphatic carbocycles. The highest BCUT2D eigenvalue weighted by Crippen LogP contribution is 2.22. The molecule has 2 heterocycles. The van der Waals surface area contributed by atoms with E-state index in [-0.39, 0.29) is 5.41 Å². The molecule has 1 aromatic heterocycles. The van der Waals surface area contributed by atoms with Crippen molar-refractivity contribution >= 4 is 11.6 Å². The summed E-state index contributed by atoms with van der Waals surface area (Å²) < 4.78 is 0. The molecule has 5 heteroatoms. The highest BCUT2D eigenvalue weighted by molar-refractivity contribution is 5.49. The van der Waals surface area contributed by atoms with Crippen molar-refractivity contribution in [3.05, 3.63) is 25.0 Å². The van der Waals surface area contributed by atoms with Gasteiger partial charge in [-0.1, -0.05) is 19.9 Å². The lowest BCUT2D eigenvalue weighted by Crippen LogP contribution is -2.35. The first-order chi connectivity index (χ1) is 9.11. The fraction of sp³-hybridized carbons (Fsp3) is 0.571. The quantitative estimate of drug-likeness (QED) is 0.805. The lowest BCUT2D eigenvalue weighted by Gasteiger charge is -2.29. The highest BCUT2D eigenvalue weighted by atomic mass is 15.2. The number of nitrogens with one attached hydrogen (secondary N) is 2. The van der Waals surface area contributed by atoms with Crippen LogP contribution in [0.5, 0.6) is 0 Å². The summed E-state index contributed by atoms with van der Waals surface area (Å²) in [6.45, 7) is 13.0. The summed E-state index contributed by atoms with van der Waals surface area (Å²) in [5.41, 5.74) is 0.246. The van der Waals surface area contributed by atoms with E-state index in [1.54, 1.807) is 6.33 Å². The zero-order valence-corrected chi connectivity index (χ0v) is 11.8. The Morgan fingerprint density at radius 1 is 1.53 bits per heavy atom. The molecule has 104 valence electrons. The molecular weight excluding hydrogens is 238 g/mol. The van der Waals surface area contributed by atoms with E-state index in [0.29, 0.717) is 6.54 Å². The van der Waals surface area contributed by atoms with Crippen molar-refractivity contribution in [2.75, 3.05) is 42.9 Å². The number of hydrogen-bond acceptors (Lipinski definition) is 5. The SMILES string of the molecule is C=CCNc1cc(N2CCNCC(C)(C)C2)ncn1. The van der Waals surface area contributed by atoms with Gasteiger partial charge in [0.1, 0.15) is 18.0 Å². The van der Waals surface area contributed by atoms with Crippen LogP contribution in [0.1, 0.15) is 13.8 Å². The van der Waals surface area contributed by atoms with Crippen LogP contribution in [0.4, 0.5) is 11.6 Å². The fourth-order valence-electron chi connectivity index (χ4n) is 2.28. The monoisotopic (exact) mass is 261 g/mol. The minimum Gasteiger partial charge on any atom is -0.366 e. The highest BCUT2D eigenvalue weighted by Gasteiger charge is 2.25. The number of hydrogen-bond donors (Lipinski definition) is 2. The zero-order chi connectivity index (χ0) is 13.7. The van der Waals surface area contributed by atoms with Gasteiger partial charge in [0.25, 0.3) is 0 Å². The molecule has 19 heavy (non-hydrogen) atoms. The molecule has 0 amide bonds. The third-order valence-electron chi connectivity index (χ3n) is 3.19. The maximum Gasteiger partial charge on any atom is 0.134 e. The minimum absolute atomic E-state index is 0.246. The topological polar surface area (TPSA) is 53.1 Å². The summed E-state index contributed by atoms with van der Waals surface area (Å²) in [6, 6.07) is 2.00. The Balaban J connectivity index is 2.13. The van der Waals surface area contributed by atoms with E-state index in [0.717, 1.165) is 37.8 Å². The van der Waals surface area contributed by atoms with E-state index >= 15 is 0 Å². The van der Waals surface area contributed by atoms with Crippen molar-refractivity contribution in [1.82, 2.24) is 15.3 Å². The number of anilines is 2. The average molecular weight is 261 g/mol. The largest absolute Gasteiger partial charge is 0.366 e. The van der Waals surface area contributed by atoms with Crippen LogP contribution >= 0.6 is 0 Å². The molecule has 2 rings (SSSR count). The first kappa shape index (κ1) is 13.8. The normalized spacial score (nSPS) is 18.7. The molecule has 5 nitrogen and oxygen atoms in total. The van der Waals surface area contributed by atoms with E-state index in [2.05, 4.69) is 45.9 Å². The van der Waals surface area contributed by atoms with Gasteiger partial charge in [-0.2, -0.15) is 0 Å². The van der Waals surface area contributed by atoms with Gasteiger partial charge in [-0.25, -0.2) is 9.97 Å². The van der Waals surface area contributed by atoms with Crippen molar-refractivity contribution < 1.29 is 0 Å². The van der Waals surface area contributed by atoms with Crippen LogP contribution in [0.25, 0.3) is 0 Å². The van der Waals surface area contributed by atoms with Crippen LogP contribution in [0.3, 0.4) is 0 Å². The average Bonchev–Trinajstić information content (AvgIpc) is 2.57. The van der Waals surface area contributed by atoms with Crippen molar-refractivity contribution in [3.8, 4) is 0 Å². The molecule has 0 unspecified atom stereocenters. The summed E-state index contributed by atoms with van der Waals surface area (Å²) in [6.07, 6.45) is 3.44. The molecule has 1 aliphatic rings. The lowest BCUT2D eigenvalue weighted by molar-refractivity contribution is 0.370. The molecule has 0 spiro atoms. The summed E-state index contributed by atoms with van der Waals surface area (Å²) in [5, 5.41) is 6.67. The van der Waals surface area contributed by atoms with Crippen LogP contribution in [0, 0.1) is 5.41 Å². The van der Waals surface area contributed by atoms with Gasteiger partial charge in [0.2, 0.25) is 0 Å². The van der Waals surface area contributed by atoms with Crippen LogP contribution in [-0.2, 0) is 0 Å². The molecule has 1 fully saturated rings. The third kappa shape index (κ3) is 3.92. The van der Waals surface area contributed by atoms with Gasteiger partial charge < -0.3 is 15.5 Å². The van der Waals surface area contributed by atoms with E-state index in [1.165, 1.54) is 0 Å². The molecule has 2 N–H and O–H groups in total. The molecule has 1 aromatic rings. The molecule has 0 bridgehead atoms. The van der Waals surface area contributed by atoms with Gasteiger partial charge in [0, 0.05) is 38.8 Å². The summed E-state index contributed by atoms with van der Waals surface area (Å²) in [4.78, 5) is 10.9. The lowest BCUT2D eigenvalue weighted by atomic mass is 9.93. The minimum atomic E-state index is 0.246. The van der Waals surface area contributed by atoms with Crippen molar-refractivity contribution in [2.24, 2.45) is 5.41 Å². The smallest absolute Gasteiger partial charge is 0.134 e. The summed E-state index contributed by atoms with van der Waals surface area (Å²) in [7, 11) is 0. The van der Waals surface area contributed by atoms with E-state index in [9.17, 15) is 0 Å². The second-order valence-corrected chi connectivity index (χ2v) is 5.69. The molecular formula is C14H23N5. The number of nitrogens with zero attached hydrogens (tertiary/aromatic N) is 3. The maximum atomic E-state index is 4.40. The number of aromatic nitrogens is 2. The van der Waals surface area contributed by atoms with E-state index < -0.39 is 0 Å². The Morgan fingerprint density at radius 3 is 3.16 bits per heavy atom. The molecule has 0 radical (unpaired) electrons. The van der Waals surface area contributed by atoms with Gasteiger partial charge in [-0.15, -0.1) is 6.58 Å². The maximum absolute atomic E-state index is 4.40.